The normalized spacial score (nSPS) is 11.2. The van der Waals surface area contributed by atoms with Gasteiger partial charge in [-0.25, -0.2) is 4.79 Å². The number of ketones is 1. The van der Waals surface area contributed by atoms with Crippen LogP contribution in [0.25, 0.3) is 22.3 Å². The lowest BCUT2D eigenvalue weighted by molar-refractivity contribution is 0.104. The van der Waals surface area contributed by atoms with Crippen LogP contribution in [-0.2, 0) is 0 Å². The van der Waals surface area contributed by atoms with Gasteiger partial charge in [-0.05, 0) is 47.4 Å². The lowest BCUT2D eigenvalue weighted by Gasteiger charge is -2.03. The largest absolute Gasteiger partial charge is 0.330 e. The number of allylic oxidation sites excluding steroid dienone is 1. The SMILES string of the molecule is O=C(/C=C/c1ccc(Cl)cc1)c1cccc(-n2cc(-c3cccs3)[nH]c2=O)c1. The van der Waals surface area contributed by atoms with E-state index < -0.39 is 0 Å². The van der Waals surface area contributed by atoms with Gasteiger partial charge in [0, 0.05) is 16.8 Å². The van der Waals surface area contributed by atoms with Crippen molar-refractivity contribution in [1.82, 2.24) is 9.55 Å². The van der Waals surface area contributed by atoms with E-state index in [1.165, 1.54) is 10.6 Å². The number of nitrogens with one attached hydrogen (secondary N) is 1. The zero-order valence-electron chi connectivity index (χ0n) is 14.6. The molecule has 2 aromatic carbocycles. The number of carbonyl (C=O) groups is 1. The Balaban J connectivity index is 1.60. The molecular formula is C22H15ClN2O2S. The van der Waals surface area contributed by atoms with Crippen molar-refractivity contribution in [2.75, 3.05) is 0 Å². The number of aromatic amines is 1. The van der Waals surface area contributed by atoms with Crippen molar-refractivity contribution in [2.24, 2.45) is 0 Å². The molecule has 4 aromatic rings. The molecule has 2 heterocycles. The number of rotatable bonds is 5. The van der Waals surface area contributed by atoms with Gasteiger partial charge >= 0.3 is 5.69 Å². The summed E-state index contributed by atoms with van der Waals surface area (Å²) in [5.74, 6) is -0.140. The van der Waals surface area contributed by atoms with Crippen LogP contribution in [0, 0.1) is 0 Å². The Hall–Kier alpha value is -3.15. The van der Waals surface area contributed by atoms with Gasteiger partial charge in [0.2, 0.25) is 0 Å². The van der Waals surface area contributed by atoms with Gasteiger partial charge < -0.3 is 4.98 Å². The monoisotopic (exact) mass is 406 g/mol. The summed E-state index contributed by atoms with van der Waals surface area (Å²) in [6.07, 6.45) is 5.00. The van der Waals surface area contributed by atoms with E-state index in [1.54, 1.807) is 60.0 Å². The molecule has 0 aliphatic rings. The average molecular weight is 407 g/mol. The third-order valence-corrected chi connectivity index (χ3v) is 5.37. The van der Waals surface area contributed by atoms with Gasteiger partial charge in [0.15, 0.2) is 5.78 Å². The number of aromatic nitrogens is 2. The first kappa shape index (κ1) is 18.2. The van der Waals surface area contributed by atoms with E-state index in [9.17, 15) is 9.59 Å². The van der Waals surface area contributed by atoms with E-state index in [4.69, 9.17) is 11.6 Å². The van der Waals surface area contributed by atoms with Crippen molar-refractivity contribution < 1.29 is 4.79 Å². The molecular weight excluding hydrogens is 392 g/mol. The zero-order valence-corrected chi connectivity index (χ0v) is 16.2. The number of halogens is 1. The maximum absolute atomic E-state index is 12.5. The second kappa shape index (κ2) is 7.84. The quantitative estimate of drug-likeness (QED) is 0.354. The second-order valence-corrected chi connectivity index (χ2v) is 7.50. The molecule has 2 aromatic heterocycles. The third kappa shape index (κ3) is 3.91. The highest BCUT2D eigenvalue weighted by Gasteiger charge is 2.10. The molecule has 6 heteroatoms. The molecule has 0 bridgehead atoms. The minimum absolute atomic E-state index is 0.140. The zero-order chi connectivity index (χ0) is 19.5. The van der Waals surface area contributed by atoms with Crippen molar-refractivity contribution in [2.45, 2.75) is 0 Å². The van der Waals surface area contributed by atoms with Gasteiger partial charge in [-0.15, -0.1) is 11.3 Å². The Morgan fingerprint density at radius 3 is 2.64 bits per heavy atom. The first-order chi connectivity index (χ1) is 13.6. The summed E-state index contributed by atoms with van der Waals surface area (Å²) in [5.41, 5.74) is 2.53. The van der Waals surface area contributed by atoms with Gasteiger partial charge in [-0.1, -0.05) is 48.0 Å². The Labute approximate surface area is 170 Å². The predicted octanol–water partition coefficient (Wildman–Crippen LogP) is 5.44. The molecule has 0 fully saturated rings. The summed E-state index contributed by atoms with van der Waals surface area (Å²) in [7, 11) is 0. The average Bonchev–Trinajstić information content (AvgIpc) is 3.37. The summed E-state index contributed by atoms with van der Waals surface area (Å²) in [6, 6.07) is 18.1. The minimum atomic E-state index is -0.246. The van der Waals surface area contributed by atoms with E-state index >= 15 is 0 Å². The number of benzene rings is 2. The molecule has 28 heavy (non-hydrogen) atoms. The summed E-state index contributed by atoms with van der Waals surface area (Å²) >= 11 is 7.42. The van der Waals surface area contributed by atoms with Gasteiger partial charge in [0.05, 0.1) is 16.3 Å². The topological polar surface area (TPSA) is 54.9 Å². The fraction of sp³-hybridized carbons (Fsp3) is 0. The second-order valence-electron chi connectivity index (χ2n) is 6.12. The number of carbonyl (C=O) groups excluding carboxylic acids is 1. The summed E-state index contributed by atoms with van der Waals surface area (Å²) in [5, 5.41) is 2.60. The van der Waals surface area contributed by atoms with Gasteiger partial charge in [0.1, 0.15) is 0 Å². The molecule has 0 saturated heterocycles. The first-order valence-corrected chi connectivity index (χ1v) is 9.80. The fourth-order valence-electron chi connectivity index (χ4n) is 2.80. The molecule has 4 nitrogen and oxygen atoms in total. The molecule has 0 atom stereocenters. The van der Waals surface area contributed by atoms with Crippen molar-refractivity contribution in [3.8, 4) is 16.3 Å². The summed E-state index contributed by atoms with van der Waals surface area (Å²) in [6.45, 7) is 0. The van der Waals surface area contributed by atoms with Crippen molar-refractivity contribution in [3.05, 3.63) is 105 Å². The molecule has 0 amide bonds. The Morgan fingerprint density at radius 2 is 1.89 bits per heavy atom. The van der Waals surface area contributed by atoms with Crippen LogP contribution in [0.4, 0.5) is 0 Å². The van der Waals surface area contributed by atoms with Gasteiger partial charge in [-0.2, -0.15) is 0 Å². The maximum Gasteiger partial charge on any atom is 0.330 e. The molecule has 0 spiro atoms. The molecule has 138 valence electrons. The van der Waals surface area contributed by atoms with E-state index in [2.05, 4.69) is 4.98 Å². The highest BCUT2D eigenvalue weighted by Crippen LogP contribution is 2.22. The lowest BCUT2D eigenvalue weighted by atomic mass is 10.1. The molecule has 0 unspecified atom stereocenters. The highest BCUT2D eigenvalue weighted by molar-refractivity contribution is 7.13. The minimum Gasteiger partial charge on any atom is -0.305 e. The van der Waals surface area contributed by atoms with Crippen LogP contribution in [0.1, 0.15) is 15.9 Å². The van der Waals surface area contributed by atoms with Crippen LogP contribution in [0.2, 0.25) is 5.02 Å². The summed E-state index contributed by atoms with van der Waals surface area (Å²) < 4.78 is 1.51. The third-order valence-electron chi connectivity index (χ3n) is 4.21. The maximum atomic E-state index is 12.5. The van der Waals surface area contributed by atoms with Crippen LogP contribution in [0.3, 0.4) is 0 Å². The van der Waals surface area contributed by atoms with Crippen molar-refractivity contribution >= 4 is 34.8 Å². The number of hydrogen-bond donors (Lipinski definition) is 1. The molecule has 0 saturated carbocycles. The number of nitrogens with zero attached hydrogens (tertiary/aromatic N) is 1. The van der Waals surface area contributed by atoms with E-state index in [0.29, 0.717) is 16.3 Å². The van der Waals surface area contributed by atoms with Crippen LogP contribution >= 0.6 is 22.9 Å². The standard InChI is InChI=1S/C22H15ClN2O2S/c23-17-9-6-15(7-10-17)8-11-20(26)16-3-1-4-18(13-16)25-14-19(24-22(25)27)21-5-2-12-28-21/h1-14H,(H,24,27)/b11-8+. The van der Waals surface area contributed by atoms with Crippen LogP contribution in [0.5, 0.6) is 0 Å². The predicted molar refractivity (Wildman–Crippen MR) is 115 cm³/mol. The molecule has 0 aliphatic heterocycles. The highest BCUT2D eigenvalue weighted by atomic mass is 35.5. The van der Waals surface area contributed by atoms with E-state index in [-0.39, 0.29) is 11.5 Å². The molecule has 0 radical (unpaired) electrons. The number of thiophene rings is 1. The Morgan fingerprint density at radius 1 is 1.07 bits per heavy atom. The Bertz CT molecular complexity index is 1200. The molecule has 1 N–H and O–H groups in total. The van der Waals surface area contributed by atoms with E-state index in [1.807, 2.05) is 29.6 Å². The van der Waals surface area contributed by atoms with Crippen LogP contribution < -0.4 is 5.69 Å². The summed E-state index contributed by atoms with van der Waals surface area (Å²) in [4.78, 5) is 28.7. The van der Waals surface area contributed by atoms with Crippen molar-refractivity contribution in [1.29, 1.82) is 0 Å². The van der Waals surface area contributed by atoms with E-state index in [0.717, 1.165) is 16.1 Å². The molecule has 4 rings (SSSR count). The smallest absolute Gasteiger partial charge is 0.305 e. The van der Waals surface area contributed by atoms with Crippen LogP contribution in [-0.4, -0.2) is 15.3 Å². The first-order valence-electron chi connectivity index (χ1n) is 8.54. The Kier molecular flexibility index (Phi) is 5.10. The van der Waals surface area contributed by atoms with Gasteiger partial charge in [0.25, 0.3) is 0 Å². The van der Waals surface area contributed by atoms with Gasteiger partial charge in [-0.3, -0.25) is 9.36 Å². The number of H-pyrrole nitrogens is 1. The lowest BCUT2D eigenvalue weighted by Crippen LogP contribution is -2.14. The fourth-order valence-corrected chi connectivity index (χ4v) is 3.61. The number of hydrogen-bond acceptors (Lipinski definition) is 3. The number of imidazole rings is 1. The van der Waals surface area contributed by atoms with Crippen molar-refractivity contribution in [3.63, 3.8) is 0 Å². The molecule has 0 aliphatic carbocycles. The van der Waals surface area contributed by atoms with Crippen LogP contribution in [0.15, 0.2) is 83.1 Å².